The van der Waals surface area contributed by atoms with E-state index in [1.807, 2.05) is 0 Å². The summed E-state index contributed by atoms with van der Waals surface area (Å²) in [4.78, 5) is 0. The summed E-state index contributed by atoms with van der Waals surface area (Å²) < 4.78 is 33.3. The van der Waals surface area contributed by atoms with Crippen molar-refractivity contribution in [2.75, 3.05) is 7.11 Å². The molecule has 0 bridgehead atoms. The number of methoxy groups -OCH3 is 1. The standard InChI is InChI=1S/C14H13BrF2N2O/c1-20-12-4-2-3-9(13(12)17)14(19-18)10-7-8(16)5-6-11(10)15/h2-7,14,19H,18H2,1H3. The van der Waals surface area contributed by atoms with Gasteiger partial charge in [-0.25, -0.2) is 14.2 Å². The summed E-state index contributed by atoms with van der Waals surface area (Å²) in [6.45, 7) is 0. The molecule has 0 saturated heterocycles. The van der Waals surface area contributed by atoms with Gasteiger partial charge in [0.2, 0.25) is 0 Å². The quantitative estimate of drug-likeness (QED) is 0.662. The Labute approximate surface area is 123 Å². The molecular weight excluding hydrogens is 330 g/mol. The molecule has 0 aromatic heterocycles. The molecule has 1 unspecified atom stereocenters. The van der Waals surface area contributed by atoms with Crippen molar-refractivity contribution >= 4 is 15.9 Å². The maximum atomic E-state index is 14.3. The van der Waals surface area contributed by atoms with Crippen LogP contribution in [0.5, 0.6) is 5.75 Å². The van der Waals surface area contributed by atoms with Gasteiger partial charge in [-0.3, -0.25) is 5.84 Å². The predicted molar refractivity (Wildman–Crippen MR) is 76.2 cm³/mol. The Morgan fingerprint density at radius 2 is 1.95 bits per heavy atom. The summed E-state index contributed by atoms with van der Waals surface area (Å²) >= 11 is 3.31. The predicted octanol–water partition coefficient (Wildman–Crippen LogP) is 3.29. The summed E-state index contributed by atoms with van der Waals surface area (Å²) in [6, 6.07) is 8.18. The maximum Gasteiger partial charge on any atom is 0.170 e. The lowest BCUT2D eigenvalue weighted by molar-refractivity contribution is 0.381. The van der Waals surface area contributed by atoms with E-state index in [1.165, 1.54) is 25.3 Å². The van der Waals surface area contributed by atoms with Gasteiger partial charge in [-0.15, -0.1) is 0 Å². The first-order chi connectivity index (χ1) is 9.58. The molecule has 3 N–H and O–H groups in total. The van der Waals surface area contributed by atoms with Crippen molar-refractivity contribution in [2.45, 2.75) is 6.04 Å². The van der Waals surface area contributed by atoms with E-state index >= 15 is 0 Å². The van der Waals surface area contributed by atoms with Gasteiger partial charge in [-0.1, -0.05) is 28.1 Å². The third-order valence-electron chi connectivity index (χ3n) is 2.96. The molecule has 20 heavy (non-hydrogen) atoms. The highest BCUT2D eigenvalue weighted by molar-refractivity contribution is 9.10. The van der Waals surface area contributed by atoms with Gasteiger partial charge in [0.05, 0.1) is 13.2 Å². The van der Waals surface area contributed by atoms with Crippen LogP contribution in [0.1, 0.15) is 17.2 Å². The van der Waals surface area contributed by atoms with Gasteiger partial charge in [0, 0.05) is 10.0 Å². The molecule has 2 rings (SSSR count). The van der Waals surface area contributed by atoms with Gasteiger partial charge in [-0.05, 0) is 29.8 Å². The molecule has 6 heteroatoms. The van der Waals surface area contributed by atoms with Crippen LogP contribution in [0.4, 0.5) is 8.78 Å². The fourth-order valence-corrected chi connectivity index (χ4v) is 2.47. The summed E-state index contributed by atoms with van der Waals surface area (Å²) in [5.74, 6) is 4.66. The molecule has 0 radical (unpaired) electrons. The number of hydrazine groups is 1. The zero-order valence-electron chi connectivity index (χ0n) is 10.7. The Morgan fingerprint density at radius 1 is 1.20 bits per heavy atom. The average molecular weight is 343 g/mol. The van der Waals surface area contributed by atoms with Crippen molar-refractivity contribution in [3.63, 3.8) is 0 Å². The second-order valence-corrected chi connectivity index (χ2v) is 4.98. The topological polar surface area (TPSA) is 47.3 Å². The van der Waals surface area contributed by atoms with E-state index in [2.05, 4.69) is 21.4 Å². The van der Waals surface area contributed by atoms with Gasteiger partial charge < -0.3 is 4.74 Å². The molecule has 1 atom stereocenters. The first kappa shape index (κ1) is 14.9. The molecule has 0 aliphatic rings. The number of nitrogens with two attached hydrogens (primary N) is 1. The Kier molecular flexibility index (Phi) is 4.69. The number of hydrogen-bond donors (Lipinski definition) is 2. The summed E-state index contributed by atoms with van der Waals surface area (Å²) in [7, 11) is 1.38. The van der Waals surface area contributed by atoms with Crippen LogP contribution in [-0.2, 0) is 0 Å². The lowest BCUT2D eigenvalue weighted by atomic mass is 9.98. The largest absolute Gasteiger partial charge is 0.494 e. The van der Waals surface area contributed by atoms with Crippen molar-refractivity contribution in [1.82, 2.24) is 5.43 Å². The van der Waals surface area contributed by atoms with E-state index in [-0.39, 0.29) is 11.3 Å². The molecule has 0 fully saturated rings. The Morgan fingerprint density at radius 3 is 2.60 bits per heavy atom. The fourth-order valence-electron chi connectivity index (χ4n) is 1.99. The van der Waals surface area contributed by atoms with Crippen molar-refractivity contribution in [3.05, 3.63) is 63.6 Å². The monoisotopic (exact) mass is 342 g/mol. The van der Waals surface area contributed by atoms with Crippen LogP contribution >= 0.6 is 15.9 Å². The number of hydrogen-bond acceptors (Lipinski definition) is 3. The first-order valence-corrected chi connectivity index (χ1v) is 6.61. The van der Waals surface area contributed by atoms with Crippen molar-refractivity contribution in [2.24, 2.45) is 5.84 Å². The first-order valence-electron chi connectivity index (χ1n) is 5.82. The van der Waals surface area contributed by atoms with E-state index in [0.29, 0.717) is 10.0 Å². The van der Waals surface area contributed by atoms with Crippen molar-refractivity contribution in [1.29, 1.82) is 0 Å². The van der Waals surface area contributed by atoms with Crippen molar-refractivity contribution in [3.8, 4) is 5.75 Å². The minimum atomic E-state index is -0.699. The van der Waals surface area contributed by atoms with Crippen LogP contribution in [0.25, 0.3) is 0 Å². The second kappa shape index (κ2) is 6.30. The van der Waals surface area contributed by atoms with E-state index in [4.69, 9.17) is 10.6 Å². The van der Waals surface area contributed by atoms with Crippen LogP contribution in [0.2, 0.25) is 0 Å². The van der Waals surface area contributed by atoms with Crippen LogP contribution in [0, 0.1) is 11.6 Å². The van der Waals surface area contributed by atoms with Gasteiger partial charge in [-0.2, -0.15) is 0 Å². The molecule has 0 amide bonds. The Bertz CT molecular complexity index is 622. The lowest BCUT2D eigenvalue weighted by Gasteiger charge is -2.20. The zero-order chi connectivity index (χ0) is 14.7. The molecular formula is C14H13BrF2N2O. The third-order valence-corrected chi connectivity index (χ3v) is 3.68. The summed E-state index contributed by atoms with van der Waals surface area (Å²) in [6.07, 6.45) is 0. The number of benzene rings is 2. The molecule has 0 saturated carbocycles. The zero-order valence-corrected chi connectivity index (χ0v) is 12.2. The van der Waals surface area contributed by atoms with E-state index in [1.54, 1.807) is 18.2 Å². The van der Waals surface area contributed by atoms with E-state index < -0.39 is 17.7 Å². The Hall–Kier alpha value is -1.50. The molecule has 2 aromatic rings. The van der Waals surface area contributed by atoms with Gasteiger partial charge >= 0.3 is 0 Å². The minimum absolute atomic E-state index is 0.107. The number of rotatable bonds is 4. The van der Waals surface area contributed by atoms with Crippen molar-refractivity contribution < 1.29 is 13.5 Å². The van der Waals surface area contributed by atoms with E-state index in [0.717, 1.165) is 0 Å². The van der Waals surface area contributed by atoms with E-state index in [9.17, 15) is 8.78 Å². The van der Waals surface area contributed by atoms with Gasteiger partial charge in [0.15, 0.2) is 11.6 Å². The number of halogens is 3. The third kappa shape index (κ3) is 2.82. The summed E-state index contributed by atoms with van der Waals surface area (Å²) in [5, 5.41) is 0. The Balaban J connectivity index is 2.55. The highest BCUT2D eigenvalue weighted by atomic mass is 79.9. The van der Waals surface area contributed by atoms with Crippen LogP contribution in [0.15, 0.2) is 40.9 Å². The van der Waals surface area contributed by atoms with Crippen LogP contribution in [0.3, 0.4) is 0 Å². The number of nitrogens with one attached hydrogen (secondary N) is 1. The van der Waals surface area contributed by atoms with Gasteiger partial charge in [0.25, 0.3) is 0 Å². The summed E-state index contributed by atoms with van der Waals surface area (Å²) in [5.41, 5.74) is 3.28. The average Bonchev–Trinajstić information content (AvgIpc) is 2.45. The molecule has 2 aromatic carbocycles. The normalized spacial score (nSPS) is 12.2. The molecule has 0 heterocycles. The maximum absolute atomic E-state index is 14.3. The van der Waals surface area contributed by atoms with Gasteiger partial charge in [0.1, 0.15) is 5.82 Å². The minimum Gasteiger partial charge on any atom is -0.494 e. The lowest BCUT2D eigenvalue weighted by Crippen LogP contribution is -2.30. The fraction of sp³-hybridized carbons (Fsp3) is 0.143. The molecule has 0 aliphatic carbocycles. The smallest absolute Gasteiger partial charge is 0.170 e. The highest BCUT2D eigenvalue weighted by Gasteiger charge is 2.21. The highest BCUT2D eigenvalue weighted by Crippen LogP contribution is 2.32. The molecule has 3 nitrogen and oxygen atoms in total. The second-order valence-electron chi connectivity index (χ2n) is 4.13. The number of ether oxygens (including phenoxy) is 1. The van der Waals surface area contributed by atoms with Crippen LogP contribution < -0.4 is 16.0 Å². The SMILES string of the molecule is COc1cccc(C(NN)c2cc(F)ccc2Br)c1F. The molecule has 0 aliphatic heterocycles. The molecule has 0 spiro atoms. The molecule has 106 valence electrons. The van der Waals surface area contributed by atoms with Crippen LogP contribution in [-0.4, -0.2) is 7.11 Å².